The van der Waals surface area contributed by atoms with Gasteiger partial charge in [-0.3, -0.25) is 29.4 Å². The summed E-state index contributed by atoms with van der Waals surface area (Å²) in [6.07, 6.45) is 0.179. The maximum atomic E-state index is 18.3. The standard InChI is InChI=1S/C31H51ClFN5O5Si3.C16H17ClFN5O4/c1-18(2)28(39)37-30-35-26(32)24-27(36-30)38(17-34-24)29-31(33,14-15-44(11,12)13)25-23(41-29)16-40-45(19(3)4,20(5)6)43-46(42-25,21(7)8)22(9)10;1-4-16(18)10(25)8(5-24)27-14(16)23-6-19-9-11(17)20-15(21-12(9)23)22-13(26)7(2)3/h17-23,25,29H,16H2,1-13H3,(H,35,36,37,39);1,6-8,10,14,24-25H,5H2,2-3H3,(H,20,21,22,26)/t23-,25-,29-,31-;8-,10-,14-,16-/m11/s1. The van der Waals surface area contributed by atoms with E-state index >= 15 is 8.78 Å². The van der Waals surface area contributed by atoms with Crippen molar-refractivity contribution in [3.63, 3.8) is 0 Å². The second kappa shape index (κ2) is 21.9. The molecule has 0 spiro atoms. The topological polar surface area (TPSA) is 232 Å². The van der Waals surface area contributed by atoms with Crippen molar-refractivity contribution < 1.29 is 51.0 Å². The molecule has 19 nitrogen and oxygen atoms in total. The van der Waals surface area contributed by atoms with E-state index in [1.165, 1.54) is 17.2 Å². The molecule has 0 bridgehead atoms. The fraction of sp³-hybridized carbons (Fsp3) is 0.660. The molecule has 0 saturated carbocycles. The summed E-state index contributed by atoms with van der Waals surface area (Å²) < 4.78 is 69.5. The van der Waals surface area contributed by atoms with Crippen molar-refractivity contribution in [3.8, 4) is 23.8 Å². The van der Waals surface area contributed by atoms with E-state index in [0.29, 0.717) is 0 Å². The summed E-state index contributed by atoms with van der Waals surface area (Å²) in [5.74, 6) is 3.54. The quantitative estimate of drug-likeness (QED) is 0.0630. The number of aromatic nitrogens is 8. The zero-order valence-corrected chi connectivity index (χ0v) is 48.4. The van der Waals surface area contributed by atoms with Gasteiger partial charge in [-0.25, -0.2) is 18.7 Å². The van der Waals surface area contributed by atoms with Crippen LogP contribution in [0.1, 0.15) is 95.5 Å². The van der Waals surface area contributed by atoms with Gasteiger partial charge in [-0.05, 0) is 22.2 Å². The van der Waals surface area contributed by atoms with Crippen LogP contribution in [-0.2, 0) is 32.0 Å². The minimum absolute atomic E-state index is 0.0109. The highest BCUT2D eigenvalue weighted by molar-refractivity contribution is 6.84. The lowest BCUT2D eigenvalue weighted by Crippen LogP contribution is -2.66. The Balaban J connectivity index is 0.000000272. The first-order valence-corrected chi connectivity index (χ1v) is 32.5. The van der Waals surface area contributed by atoms with Gasteiger partial charge in [0.2, 0.25) is 35.0 Å². The van der Waals surface area contributed by atoms with E-state index in [1.54, 1.807) is 27.7 Å². The van der Waals surface area contributed by atoms with Crippen molar-refractivity contribution >= 4 is 94.4 Å². The van der Waals surface area contributed by atoms with Crippen LogP contribution in [0.5, 0.6) is 0 Å². The van der Waals surface area contributed by atoms with Crippen molar-refractivity contribution in [2.75, 3.05) is 23.8 Å². The first kappa shape index (κ1) is 58.2. The number of anilines is 2. The van der Waals surface area contributed by atoms with E-state index in [1.807, 2.05) is 5.92 Å². The Morgan fingerprint density at radius 2 is 1.25 bits per heavy atom. The number of amides is 2. The van der Waals surface area contributed by atoms with Crippen LogP contribution in [0.3, 0.4) is 0 Å². The minimum Gasteiger partial charge on any atom is -0.414 e. The molecule has 2 amide bonds. The highest BCUT2D eigenvalue weighted by Crippen LogP contribution is 2.52. The molecule has 4 N–H and O–H groups in total. The molecule has 4 aromatic rings. The Morgan fingerprint density at radius 3 is 1.64 bits per heavy atom. The molecule has 73 heavy (non-hydrogen) atoms. The number of aliphatic hydroxyl groups is 2. The molecule has 7 rings (SSSR count). The third kappa shape index (κ3) is 11.1. The Bertz CT molecular complexity index is 2780. The van der Waals surface area contributed by atoms with Crippen LogP contribution in [0.2, 0.25) is 52.1 Å². The SMILES string of the molecule is C#C[C@@]1(F)[C@H](O)[C@@H](CO)O[C@H]1n1cnc2c(Cl)nc(NC(=O)C(C)C)nc21.CC(C)C(=O)Nc1nc(Cl)c2ncn([C@@H]3O[C@@H]4CO[Si](C(C)C)(C(C)C)O[Si](C(C)C)(C(C)C)O[C@H]4[C@]3(F)C#C[Si](C)(C)C)c2n1. The van der Waals surface area contributed by atoms with E-state index in [9.17, 15) is 19.8 Å². The number of ether oxygens (including phenoxy) is 2. The highest BCUT2D eigenvalue weighted by atomic mass is 35.5. The van der Waals surface area contributed by atoms with Gasteiger partial charge >= 0.3 is 17.1 Å². The summed E-state index contributed by atoms with van der Waals surface area (Å²) in [7, 11) is -8.18. The highest BCUT2D eigenvalue weighted by Gasteiger charge is 2.67. The summed E-state index contributed by atoms with van der Waals surface area (Å²) in [6.45, 7) is 29.5. The third-order valence-electron chi connectivity index (χ3n) is 13.0. The van der Waals surface area contributed by atoms with E-state index in [0.717, 1.165) is 4.57 Å². The Labute approximate surface area is 438 Å². The van der Waals surface area contributed by atoms with Crippen LogP contribution < -0.4 is 10.6 Å². The van der Waals surface area contributed by atoms with Crippen LogP contribution in [0.25, 0.3) is 22.3 Å². The Hall–Kier alpha value is -4.03. The molecule has 0 aliphatic carbocycles. The van der Waals surface area contributed by atoms with Crippen molar-refractivity contribution in [2.24, 2.45) is 11.8 Å². The van der Waals surface area contributed by atoms with Crippen molar-refractivity contribution in [2.45, 2.75) is 173 Å². The molecule has 3 fully saturated rings. The first-order valence-electron chi connectivity index (χ1n) is 24.3. The summed E-state index contributed by atoms with van der Waals surface area (Å²) in [6, 6.07) is 0. The normalized spacial score (nSPS) is 26.9. The van der Waals surface area contributed by atoms with Gasteiger partial charge in [0.25, 0.3) is 0 Å². The average Bonchev–Trinajstić information content (AvgIpc) is 4.04. The van der Waals surface area contributed by atoms with Gasteiger partial charge in [0.15, 0.2) is 34.1 Å². The number of imidazole rings is 2. The molecule has 26 heteroatoms. The predicted octanol–water partition coefficient (Wildman–Crippen LogP) is 8.18. The number of halogens is 4. The van der Waals surface area contributed by atoms with E-state index in [2.05, 4.69) is 127 Å². The second-order valence-electron chi connectivity index (χ2n) is 21.5. The number of carbonyl (C=O) groups is 2. The summed E-state index contributed by atoms with van der Waals surface area (Å²) in [5.41, 5.74) is -0.876. The van der Waals surface area contributed by atoms with Gasteiger partial charge in [-0.2, -0.15) is 19.9 Å². The zero-order chi connectivity index (χ0) is 54.5. The number of hydrogen-bond donors (Lipinski definition) is 4. The van der Waals surface area contributed by atoms with Crippen LogP contribution in [0.15, 0.2) is 12.7 Å². The molecule has 0 radical (unpaired) electrons. The van der Waals surface area contributed by atoms with Gasteiger partial charge in [-0.1, -0.05) is 138 Å². The second-order valence-corrected chi connectivity index (χ2v) is 35.8. The predicted molar refractivity (Wildman–Crippen MR) is 280 cm³/mol. The number of hydrogen-bond acceptors (Lipinski definition) is 15. The number of carbonyl (C=O) groups excluding carboxylic acids is 2. The van der Waals surface area contributed by atoms with Crippen LogP contribution in [-0.4, -0.2) is 135 Å². The lowest BCUT2D eigenvalue weighted by atomic mass is 9.97. The largest absolute Gasteiger partial charge is 0.414 e. The molecule has 0 unspecified atom stereocenters. The zero-order valence-electron chi connectivity index (χ0n) is 43.9. The van der Waals surface area contributed by atoms with Crippen LogP contribution in [0, 0.1) is 35.6 Å². The third-order valence-corrected chi connectivity index (χ3v) is 24.6. The molecule has 3 aliphatic rings. The molecular weight excluding hydrogens is 1040 g/mol. The number of nitrogens with zero attached hydrogens (tertiary/aromatic N) is 8. The summed E-state index contributed by atoms with van der Waals surface area (Å²) in [4.78, 5) is 49.7. The number of terminal acetylenes is 1. The van der Waals surface area contributed by atoms with Crippen molar-refractivity contribution in [3.05, 3.63) is 23.0 Å². The Morgan fingerprint density at radius 1 is 0.795 bits per heavy atom. The van der Waals surface area contributed by atoms with Crippen LogP contribution in [0.4, 0.5) is 20.7 Å². The smallest absolute Gasteiger partial charge is 0.335 e. The molecule has 400 valence electrons. The molecule has 8 atom stereocenters. The lowest BCUT2D eigenvalue weighted by Gasteiger charge is -2.51. The van der Waals surface area contributed by atoms with Gasteiger partial charge < -0.3 is 32.7 Å². The van der Waals surface area contributed by atoms with Gasteiger partial charge in [0.05, 0.1) is 25.9 Å². The maximum absolute atomic E-state index is 18.3. The molecular formula is C47H68Cl2F2N10O9Si3. The number of fused-ring (bicyclic) bond motifs is 3. The molecule has 7 heterocycles. The number of aliphatic hydroxyl groups excluding tert-OH is 2. The van der Waals surface area contributed by atoms with Gasteiger partial charge in [0.1, 0.15) is 43.5 Å². The van der Waals surface area contributed by atoms with Crippen LogP contribution >= 0.6 is 23.2 Å². The summed E-state index contributed by atoms with van der Waals surface area (Å²) >= 11 is 12.6. The van der Waals surface area contributed by atoms with E-state index in [-0.39, 0.29) is 97.0 Å². The van der Waals surface area contributed by atoms with Gasteiger partial charge in [-0.15, -0.1) is 12.0 Å². The monoisotopic (exact) mass is 1110 g/mol. The van der Waals surface area contributed by atoms with Crippen molar-refractivity contribution in [1.82, 2.24) is 39.0 Å². The molecule has 4 aromatic heterocycles. The van der Waals surface area contributed by atoms with Crippen molar-refractivity contribution in [1.29, 1.82) is 0 Å². The Kier molecular flexibility index (Phi) is 17.5. The lowest BCUT2D eigenvalue weighted by molar-refractivity contribution is -0.119. The average molecular weight is 1110 g/mol. The number of nitrogens with one attached hydrogen (secondary N) is 2. The molecule has 3 aliphatic heterocycles. The fourth-order valence-electron chi connectivity index (χ4n) is 8.89. The first-order chi connectivity index (χ1) is 33.9. The minimum atomic E-state index is -3.20. The van der Waals surface area contributed by atoms with E-state index < -0.39 is 80.0 Å². The van der Waals surface area contributed by atoms with Gasteiger partial charge in [0, 0.05) is 11.8 Å². The fourth-order valence-corrected chi connectivity index (χ4v) is 21.1. The molecule has 3 saturated heterocycles. The maximum Gasteiger partial charge on any atom is 0.335 e. The number of rotatable bonds is 11. The van der Waals surface area contributed by atoms with E-state index in [4.69, 9.17) is 52.1 Å². The molecule has 0 aromatic carbocycles. The number of alkyl halides is 2. The summed E-state index contributed by atoms with van der Waals surface area (Å²) in [5, 5.41) is 24.5.